The Balaban J connectivity index is 2.42. The highest BCUT2D eigenvalue weighted by Gasteiger charge is 2.16. The second-order valence-electron chi connectivity index (χ2n) is 5.29. The molecule has 0 spiro atoms. The summed E-state index contributed by atoms with van der Waals surface area (Å²) in [7, 11) is 3.98. The molecule has 104 valence electrons. The maximum atomic E-state index is 4.20. The summed E-state index contributed by atoms with van der Waals surface area (Å²) in [6.07, 6.45) is 1.13. The third-order valence-electron chi connectivity index (χ3n) is 2.83. The largest absolute Gasteiger partial charge is 0.353 e. The first-order valence-corrected chi connectivity index (χ1v) is 7.96. The van der Waals surface area contributed by atoms with Crippen molar-refractivity contribution < 1.29 is 0 Å². The van der Waals surface area contributed by atoms with E-state index < -0.39 is 0 Å². The van der Waals surface area contributed by atoms with E-state index in [9.17, 15) is 0 Å². The number of aromatic nitrogens is 2. The lowest BCUT2D eigenvalue weighted by molar-refractivity contribution is 0.379. The van der Waals surface area contributed by atoms with Crippen molar-refractivity contribution in [2.45, 2.75) is 49.2 Å². The molecule has 6 heteroatoms. The van der Waals surface area contributed by atoms with Crippen LogP contribution in [0.25, 0.3) is 0 Å². The summed E-state index contributed by atoms with van der Waals surface area (Å²) in [5.74, 6) is 0. The van der Waals surface area contributed by atoms with Crippen molar-refractivity contribution >= 4 is 28.2 Å². The number of rotatable bonds is 7. The second kappa shape index (κ2) is 6.73. The smallest absolute Gasteiger partial charge is 0.208 e. The van der Waals surface area contributed by atoms with Crippen LogP contribution in [-0.4, -0.2) is 41.6 Å². The molecule has 0 fully saturated rings. The molecule has 0 bridgehead atoms. The minimum absolute atomic E-state index is 0.213. The molecule has 4 nitrogen and oxygen atoms in total. The Hall–Kier alpha value is -0.330. The van der Waals surface area contributed by atoms with Gasteiger partial charge in [0.1, 0.15) is 0 Å². The quantitative estimate of drug-likeness (QED) is 0.781. The van der Waals surface area contributed by atoms with E-state index in [4.69, 9.17) is 0 Å². The third kappa shape index (κ3) is 5.12. The van der Waals surface area contributed by atoms with E-state index in [1.165, 1.54) is 0 Å². The van der Waals surface area contributed by atoms with Gasteiger partial charge in [-0.15, -0.1) is 10.2 Å². The van der Waals surface area contributed by atoms with Crippen LogP contribution in [0.5, 0.6) is 0 Å². The monoisotopic (exact) mass is 288 g/mol. The zero-order chi connectivity index (χ0) is 13.8. The highest BCUT2D eigenvalue weighted by molar-refractivity contribution is 8.01. The van der Waals surface area contributed by atoms with Crippen LogP contribution in [0.3, 0.4) is 0 Å². The van der Waals surface area contributed by atoms with Crippen molar-refractivity contribution in [1.82, 2.24) is 15.5 Å². The van der Waals surface area contributed by atoms with Gasteiger partial charge in [0.15, 0.2) is 4.34 Å². The van der Waals surface area contributed by atoms with Gasteiger partial charge in [0.05, 0.1) is 0 Å². The first-order valence-electron chi connectivity index (χ1n) is 6.26. The van der Waals surface area contributed by atoms with Gasteiger partial charge in [0.2, 0.25) is 5.13 Å². The predicted molar refractivity (Wildman–Crippen MR) is 81.9 cm³/mol. The Morgan fingerprint density at radius 3 is 2.56 bits per heavy atom. The van der Waals surface area contributed by atoms with E-state index in [0.717, 1.165) is 22.4 Å². The minimum atomic E-state index is 0.213. The standard InChI is InChI=1S/C12H24N4S2/c1-7-12(3,4)13-8-9(2)17-11-15-14-10(18-11)16(5)6/h9,13H,7-8H2,1-6H3. The lowest BCUT2D eigenvalue weighted by Crippen LogP contribution is -2.41. The fraction of sp³-hybridized carbons (Fsp3) is 0.833. The summed E-state index contributed by atoms with van der Waals surface area (Å²) in [4.78, 5) is 1.99. The van der Waals surface area contributed by atoms with Crippen LogP contribution < -0.4 is 10.2 Å². The Bertz CT molecular complexity index is 363. The van der Waals surface area contributed by atoms with E-state index in [0.29, 0.717) is 5.25 Å². The van der Waals surface area contributed by atoms with Crippen molar-refractivity contribution in [3.63, 3.8) is 0 Å². The fourth-order valence-electron chi connectivity index (χ4n) is 1.19. The maximum Gasteiger partial charge on any atom is 0.208 e. The second-order valence-corrected chi connectivity index (χ2v) is 7.93. The molecule has 1 N–H and O–H groups in total. The molecular formula is C12H24N4S2. The van der Waals surface area contributed by atoms with Crippen LogP contribution in [0.1, 0.15) is 34.1 Å². The molecule has 0 aliphatic rings. The third-order valence-corrected chi connectivity index (χ3v) is 5.11. The summed E-state index contributed by atoms with van der Waals surface area (Å²) in [5, 5.41) is 13.4. The molecule has 0 aliphatic heterocycles. The van der Waals surface area contributed by atoms with Gasteiger partial charge in [-0.05, 0) is 20.3 Å². The summed E-state index contributed by atoms with van der Waals surface area (Å²) in [6.45, 7) is 9.89. The SMILES string of the molecule is CCC(C)(C)NCC(C)Sc1nnc(N(C)C)s1. The average Bonchev–Trinajstić information content (AvgIpc) is 2.75. The van der Waals surface area contributed by atoms with E-state index in [2.05, 4.69) is 43.2 Å². The van der Waals surface area contributed by atoms with Crippen LogP contribution >= 0.6 is 23.1 Å². The first-order chi connectivity index (χ1) is 8.34. The first kappa shape index (κ1) is 15.7. The van der Waals surface area contributed by atoms with Gasteiger partial charge in [0.25, 0.3) is 0 Å². The van der Waals surface area contributed by atoms with Crippen molar-refractivity contribution in [1.29, 1.82) is 0 Å². The van der Waals surface area contributed by atoms with E-state index in [-0.39, 0.29) is 5.54 Å². The van der Waals surface area contributed by atoms with Gasteiger partial charge in [0, 0.05) is 31.4 Å². The Morgan fingerprint density at radius 2 is 2.06 bits per heavy atom. The lowest BCUT2D eigenvalue weighted by atomic mass is 10.0. The molecule has 0 saturated heterocycles. The van der Waals surface area contributed by atoms with Crippen LogP contribution in [0.15, 0.2) is 4.34 Å². The number of hydrogen-bond acceptors (Lipinski definition) is 6. The summed E-state index contributed by atoms with van der Waals surface area (Å²) < 4.78 is 1.04. The Morgan fingerprint density at radius 1 is 1.39 bits per heavy atom. The summed E-state index contributed by atoms with van der Waals surface area (Å²) in [6, 6.07) is 0. The lowest BCUT2D eigenvalue weighted by Gasteiger charge is -2.26. The number of hydrogen-bond donors (Lipinski definition) is 1. The molecule has 0 amide bonds. The topological polar surface area (TPSA) is 41.1 Å². The fourth-order valence-corrected chi connectivity index (χ4v) is 3.20. The maximum absolute atomic E-state index is 4.20. The normalized spacial score (nSPS) is 13.7. The number of nitrogens with one attached hydrogen (secondary N) is 1. The summed E-state index contributed by atoms with van der Waals surface area (Å²) in [5.41, 5.74) is 0.213. The van der Waals surface area contributed by atoms with Crippen LogP contribution in [0, 0.1) is 0 Å². The van der Waals surface area contributed by atoms with Crippen molar-refractivity contribution in [2.24, 2.45) is 0 Å². The zero-order valence-corrected chi connectivity index (χ0v) is 13.8. The number of anilines is 1. The zero-order valence-electron chi connectivity index (χ0n) is 12.1. The summed E-state index contributed by atoms with van der Waals surface area (Å²) >= 11 is 3.44. The van der Waals surface area contributed by atoms with Gasteiger partial charge >= 0.3 is 0 Å². The number of nitrogens with zero attached hydrogens (tertiary/aromatic N) is 3. The van der Waals surface area contributed by atoms with Gasteiger partial charge < -0.3 is 10.2 Å². The van der Waals surface area contributed by atoms with Crippen molar-refractivity contribution in [3.8, 4) is 0 Å². The van der Waals surface area contributed by atoms with E-state index in [1.807, 2.05) is 19.0 Å². The molecule has 0 saturated carbocycles. The highest BCUT2D eigenvalue weighted by Crippen LogP contribution is 2.29. The molecule has 1 heterocycles. The van der Waals surface area contributed by atoms with E-state index in [1.54, 1.807) is 23.1 Å². The highest BCUT2D eigenvalue weighted by atomic mass is 32.2. The molecule has 1 rings (SSSR count). The van der Waals surface area contributed by atoms with Crippen LogP contribution in [0.4, 0.5) is 5.13 Å². The molecule has 1 aromatic heterocycles. The Labute approximate surface area is 119 Å². The molecule has 18 heavy (non-hydrogen) atoms. The average molecular weight is 288 g/mol. The Kier molecular flexibility index (Phi) is 5.88. The number of thioether (sulfide) groups is 1. The van der Waals surface area contributed by atoms with Gasteiger partial charge in [-0.2, -0.15) is 0 Å². The molecule has 1 atom stereocenters. The van der Waals surface area contributed by atoms with Crippen LogP contribution in [0.2, 0.25) is 0 Å². The van der Waals surface area contributed by atoms with Crippen molar-refractivity contribution in [2.75, 3.05) is 25.5 Å². The van der Waals surface area contributed by atoms with Gasteiger partial charge in [-0.1, -0.05) is 36.9 Å². The van der Waals surface area contributed by atoms with Gasteiger partial charge in [-0.3, -0.25) is 0 Å². The van der Waals surface area contributed by atoms with Crippen LogP contribution in [-0.2, 0) is 0 Å². The van der Waals surface area contributed by atoms with E-state index >= 15 is 0 Å². The van der Waals surface area contributed by atoms with Crippen molar-refractivity contribution in [3.05, 3.63) is 0 Å². The molecule has 0 aliphatic carbocycles. The molecule has 0 radical (unpaired) electrons. The predicted octanol–water partition coefficient (Wildman–Crippen LogP) is 2.86. The molecule has 1 aromatic rings. The molecular weight excluding hydrogens is 264 g/mol. The minimum Gasteiger partial charge on any atom is -0.353 e. The van der Waals surface area contributed by atoms with Gasteiger partial charge in [-0.25, -0.2) is 0 Å². The molecule has 0 aromatic carbocycles. The molecule has 1 unspecified atom stereocenters.